The summed E-state index contributed by atoms with van der Waals surface area (Å²) in [5.41, 5.74) is 4.82. The number of aryl methyl sites for hydroxylation is 1. The van der Waals surface area contributed by atoms with Crippen molar-refractivity contribution in [1.82, 2.24) is 9.78 Å². The van der Waals surface area contributed by atoms with Gasteiger partial charge in [-0.05, 0) is 61.4 Å². The molecule has 184 valence electrons. The molecule has 1 amide bonds. The molecule has 0 saturated heterocycles. The molecule has 0 saturated carbocycles. The molecular formula is C28H26ClN3O4. The van der Waals surface area contributed by atoms with E-state index in [1.165, 1.54) is 7.11 Å². The number of halogens is 1. The summed E-state index contributed by atoms with van der Waals surface area (Å²) >= 11 is 5.99. The zero-order valence-corrected chi connectivity index (χ0v) is 21.0. The van der Waals surface area contributed by atoms with Crippen LogP contribution in [-0.4, -0.2) is 28.8 Å². The maximum atomic E-state index is 12.9. The number of hydrogen-bond donors (Lipinski definition) is 1. The number of benzene rings is 3. The van der Waals surface area contributed by atoms with Crippen molar-refractivity contribution in [3.05, 3.63) is 111 Å². The summed E-state index contributed by atoms with van der Waals surface area (Å²) in [6.45, 7) is 4.45. The summed E-state index contributed by atoms with van der Waals surface area (Å²) in [6.07, 6.45) is 0. The smallest absolute Gasteiger partial charge is 0.338 e. The second kappa shape index (κ2) is 11.1. The summed E-state index contributed by atoms with van der Waals surface area (Å²) in [6, 6.07) is 21.7. The van der Waals surface area contributed by atoms with Crippen molar-refractivity contribution >= 4 is 29.2 Å². The number of nitrogens with one attached hydrogen (secondary N) is 1. The minimum Gasteiger partial charge on any atom is -0.489 e. The van der Waals surface area contributed by atoms with Gasteiger partial charge in [0.1, 0.15) is 12.4 Å². The van der Waals surface area contributed by atoms with Crippen LogP contribution in [-0.2, 0) is 17.9 Å². The Morgan fingerprint density at radius 1 is 1.00 bits per heavy atom. The zero-order valence-electron chi connectivity index (χ0n) is 20.2. The fourth-order valence-electron chi connectivity index (χ4n) is 3.82. The van der Waals surface area contributed by atoms with Crippen molar-refractivity contribution < 1.29 is 19.1 Å². The third-order valence-electron chi connectivity index (χ3n) is 5.78. The number of esters is 1. The Hall–Kier alpha value is -4.10. The maximum absolute atomic E-state index is 12.9. The van der Waals surface area contributed by atoms with E-state index in [0.29, 0.717) is 46.4 Å². The second-order valence-electron chi connectivity index (χ2n) is 8.25. The Balaban J connectivity index is 1.44. The quantitative estimate of drug-likeness (QED) is 0.306. The van der Waals surface area contributed by atoms with Crippen molar-refractivity contribution in [2.45, 2.75) is 27.0 Å². The normalized spacial score (nSPS) is 10.7. The van der Waals surface area contributed by atoms with Gasteiger partial charge in [-0.15, -0.1) is 0 Å². The van der Waals surface area contributed by atoms with E-state index >= 15 is 0 Å². The number of nitrogens with zero attached hydrogens (tertiary/aromatic N) is 2. The third kappa shape index (κ3) is 5.75. The minimum atomic E-state index is -0.401. The first kappa shape index (κ1) is 25.0. The molecule has 36 heavy (non-hydrogen) atoms. The molecule has 0 radical (unpaired) electrons. The number of methoxy groups -OCH3 is 1. The molecule has 1 N–H and O–H groups in total. The molecule has 0 spiro atoms. The fourth-order valence-corrected chi connectivity index (χ4v) is 4.00. The Morgan fingerprint density at radius 3 is 2.47 bits per heavy atom. The summed E-state index contributed by atoms with van der Waals surface area (Å²) in [4.78, 5) is 25.1. The van der Waals surface area contributed by atoms with Crippen molar-refractivity contribution in [2.75, 3.05) is 12.4 Å². The van der Waals surface area contributed by atoms with Crippen LogP contribution >= 0.6 is 11.6 Å². The number of ether oxygens (including phenoxy) is 2. The van der Waals surface area contributed by atoms with Gasteiger partial charge in [0.05, 0.1) is 36.3 Å². The highest BCUT2D eigenvalue weighted by molar-refractivity contribution is 6.30. The van der Waals surface area contributed by atoms with E-state index < -0.39 is 5.97 Å². The first-order valence-electron chi connectivity index (χ1n) is 11.3. The van der Waals surface area contributed by atoms with Gasteiger partial charge in [0.25, 0.3) is 5.91 Å². The predicted molar refractivity (Wildman–Crippen MR) is 139 cm³/mol. The van der Waals surface area contributed by atoms with Crippen LogP contribution in [0.15, 0.2) is 72.8 Å². The summed E-state index contributed by atoms with van der Waals surface area (Å²) in [5, 5.41) is 8.16. The van der Waals surface area contributed by atoms with Gasteiger partial charge in [-0.1, -0.05) is 48.0 Å². The molecule has 4 rings (SSSR count). The number of hydrogen-bond acceptors (Lipinski definition) is 5. The third-order valence-corrected chi connectivity index (χ3v) is 6.02. The highest BCUT2D eigenvalue weighted by Crippen LogP contribution is 2.23. The average molecular weight is 504 g/mol. The number of aromatic nitrogens is 2. The van der Waals surface area contributed by atoms with Gasteiger partial charge in [0, 0.05) is 10.6 Å². The number of amides is 1. The molecule has 3 aromatic carbocycles. The second-order valence-corrected chi connectivity index (χ2v) is 8.69. The highest BCUT2D eigenvalue weighted by Gasteiger charge is 2.18. The van der Waals surface area contributed by atoms with E-state index in [2.05, 4.69) is 10.4 Å². The van der Waals surface area contributed by atoms with Gasteiger partial charge in [-0.25, -0.2) is 4.79 Å². The molecule has 0 atom stereocenters. The van der Waals surface area contributed by atoms with Crippen LogP contribution in [0.5, 0.6) is 5.75 Å². The summed E-state index contributed by atoms with van der Waals surface area (Å²) in [7, 11) is 1.36. The number of carbonyl (C=O) groups is 2. The van der Waals surface area contributed by atoms with Gasteiger partial charge in [-0.3, -0.25) is 9.48 Å². The lowest BCUT2D eigenvalue weighted by Gasteiger charge is -2.10. The summed E-state index contributed by atoms with van der Waals surface area (Å²) < 4.78 is 12.4. The molecule has 4 aromatic rings. The van der Waals surface area contributed by atoms with E-state index in [4.69, 9.17) is 21.1 Å². The fraction of sp³-hybridized carbons (Fsp3) is 0.179. The molecule has 0 aliphatic rings. The monoisotopic (exact) mass is 503 g/mol. The van der Waals surface area contributed by atoms with Crippen LogP contribution in [0.2, 0.25) is 5.02 Å². The van der Waals surface area contributed by atoms with Gasteiger partial charge in [0.2, 0.25) is 0 Å². The van der Waals surface area contributed by atoms with Crippen molar-refractivity contribution in [3.8, 4) is 5.75 Å². The number of carbonyl (C=O) groups excluding carboxylic acids is 2. The van der Waals surface area contributed by atoms with Crippen LogP contribution in [0.4, 0.5) is 5.69 Å². The van der Waals surface area contributed by atoms with Gasteiger partial charge < -0.3 is 14.8 Å². The molecule has 0 unspecified atom stereocenters. The van der Waals surface area contributed by atoms with Crippen molar-refractivity contribution in [3.63, 3.8) is 0 Å². The van der Waals surface area contributed by atoms with Crippen LogP contribution in [0.3, 0.4) is 0 Å². The first-order valence-corrected chi connectivity index (χ1v) is 11.7. The average Bonchev–Trinajstić information content (AvgIpc) is 3.15. The van der Waals surface area contributed by atoms with E-state index in [-0.39, 0.29) is 5.91 Å². The van der Waals surface area contributed by atoms with Crippen LogP contribution in [0.25, 0.3) is 0 Å². The lowest BCUT2D eigenvalue weighted by molar-refractivity contribution is 0.0599. The van der Waals surface area contributed by atoms with E-state index in [9.17, 15) is 9.59 Å². The Bertz CT molecular complexity index is 1400. The Kier molecular flexibility index (Phi) is 7.71. The van der Waals surface area contributed by atoms with Crippen LogP contribution in [0.1, 0.15) is 43.2 Å². The Morgan fingerprint density at radius 2 is 1.75 bits per heavy atom. The molecular weight excluding hydrogens is 478 g/mol. The number of rotatable bonds is 8. The van der Waals surface area contributed by atoms with Gasteiger partial charge in [-0.2, -0.15) is 5.10 Å². The maximum Gasteiger partial charge on any atom is 0.338 e. The standard InChI is InChI=1S/C28H26ClN3O4/c1-18-26(19(2)32(31-18)16-22-7-4-5-10-25(22)28(34)35-3)30-27(33)21-13-11-20(12-14-21)17-36-24-9-6-8-23(29)15-24/h4-15H,16-17H2,1-3H3,(H,30,33). The molecule has 0 fully saturated rings. The number of anilines is 1. The molecule has 1 heterocycles. The SMILES string of the molecule is COC(=O)c1ccccc1Cn1nc(C)c(NC(=O)c2ccc(COc3cccc(Cl)c3)cc2)c1C. The molecule has 0 aliphatic heterocycles. The highest BCUT2D eigenvalue weighted by atomic mass is 35.5. The molecule has 8 heteroatoms. The largest absolute Gasteiger partial charge is 0.489 e. The molecule has 7 nitrogen and oxygen atoms in total. The summed E-state index contributed by atoms with van der Waals surface area (Å²) in [5.74, 6) is 0.0431. The molecule has 1 aromatic heterocycles. The molecule has 0 aliphatic carbocycles. The van der Waals surface area contributed by atoms with Crippen LogP contribution < -0.4 is 10.1 Å². The zero-order chi connectivity index (χ0) is 25.7. The van der Waals surface area contributed by atoms with Crippen LogP contribution in [0, 0.1) is 13.8 Å². The van der Waals surface area contributed by atoms with E-state index in [1.54, 1.807) is 41.1 Å². The molecule has 0 bridgehead atoms. The first-order chi connectivity index (χ1) is 17.4. The Labute approximate surface area is 214 Å². The lowest BCUT2D eigenvalue weighted by Crippen LogP contribution is -2.14. The topological polar surface area (TPSA) is 82.5 Å². The van der Waals surface area contributed by atoms with E-state index in [1.807, 2.05) is 50.2 Å². The predicted octanol–water partition coefficient (Wildman–Crippen LogP) is 5.82. The van der Waals surface area contributed by atoms with E-state index in [0.717, 1.165) is 16.8 Å². The minimum absolute atomic E-state index is 0.238. The van der Waals surface area contributed by atoms with Crippen molar-refractivity contribution in [2.24, 2.45) is 0 Å². The van der Waals surface area contributed by atoms with Gasteiger partial charge >= 0.3 is 5.97 Å². The van der Waals surface area contributed by atoms with Gasteiger partial charge in [0.15, 0.2) is 0 Å². The van der Waals surface area contributed by atoms with Crippen molar-refractivity contribution in [1.29, 1.82) is 0 Å². The lowest BCUT2D eigenvalue weighted by atomic mass is 10.1.